The molecule has 20 heavy (non-hydrogen) atoms. The molecule has 1 heteroatoms. The molecule has 0 aliphatic carbocycles. The molecule has 0 unspecified atom stereocenters. The van der Waals surface area contributed by atoms with E-state index in [0.29, 0.717) is 5.92 Å². The number of benzene rings is 3. The maximum Gasteiger partial charge on any atom is 0.122 e. The first-order valence-corrected chi connectivity index (χ1v) is 7.09. The molecule has 3 aromatic rings. The molecule has 4 rings (SSSR count). The van der Waals surface area contributed by atoms with E-state index in [-0.39, 0.29) is 0 Å². The Morgan fingerprint density at radius 2 is 1.60 bits per heavy atom. The van der Waals surface area contributed by atoms with E-state index in [1.807, 2.05) is 6.07 Å². The van der Waals surface area contributed by atoms with Crippen molar-refractivity contribution in [2.24, 2.45) is 0 Å². The zero-order valence-corrected chi connectivity index (χ0v) is 11.3. The second-order valence-corrected chi connectivity index (χ2v) is 5.43. The van der Waals surface area contributed by atoms with Crippen molar-refractivity contribution < 1.29 is 4.74 Å². The molecule has 1 aliphatic rings. The smallest absolute Gasteiger partial charge is 0.122 e. The van der Waals surface area contributed by atoms with Crippen LogP contribution in [0.15, 0.2) is 66.7 Å². The van der Waals surface area contributed by atoms with Crippen molar-refractivity contribution in [2.45, 2.75) is 12.3 Å². The summed E-state index contributed by atoms with van der Waals surface area (Å²) in [5.41, 5.74) is 2.69. The Morgan fingerprint density at radius 3 is 2.55 bits per heavy atom. The molecule has 0 radical (unpaired) electrons. The van der Waals surface area contributed by atoms with Gasteiger partial charge in [0.15, 0.2) is 0 Å². The third-order valence-electron chi connectivity index (χ3n) is 4.12. The molecule has 98 valence electrons. The molecule has 0 fully saturated rings. The van der Waals surface area contributed by atoms with Crippen LogP contribution >= 0.6 is 0 Å². The fourth-order valence-corrected chi connectivity index (χ4v) is 3.00. The van der Waals surface area contributed by atoms with Gasteiger partial charge < -0.3 is 4.74 Å². The van der Waals surface area contributed by atoms with Crippen molar-refractivity contribution in [3.8, 4) is 5.75 Å². The minimum atomic E-state index is 0.453. The summed E-state index contributed by atoms with van der Waals surface area (Å²) in [5.74, 6) is 1.50. The highest BCUT2D eigenvalue weighted by Gasteiger charge is 2.20. The zero-order chi connectivity index (χ0) is 13.4. The van der Waals surface area contributed by atoms with Gasteiger partial charge in [0, 0.05) is 5.92 Å². The van der Waals surface area contributed by atoms with Gasteiger partial charge >= 0.3 is 0 Å². The summed E-state index contributed by atoms with van der Waals surface area (Å²) in [6.07, 6.45) is 1.06. The van der Waals surface area contributed by atoms with Gasteiger partial charge in [-0.25, -0.2) is 0 Å². The highest BCUT2D eigenvalue weighted by atomic mass is 16.5. The first-order valence-electron chi connectivity index (χ1n) is 7.09. The van der Waals surface area contributed by atoms with Gasteiger partial charge in [-0.2, -0.15) is 0 Å². The summed E-state index contributed by atoms with van der Waals surface area (Å²) in [6.45, 7) is 0.773. The Balaban J connectivity index is 1.70. The predicted molar refractivity (Wildman–Crippen MR) is 82.3 cm³/mol. The number of ether oxygens (including phenoxy) is 1. The summed E-state index contributed by atoms with van der Waals surface area (Å²) in [5, 5.41) is 2.61. The van der Waals surface area contributed by atoms with Crippen LogP contribution in [0, 0.1) is 0 Å². The zero-order valence-electron chi connectivity index (χ0n) is 11.3. The summed E-state index contributed by atoms with van der Waals surface area (Å²) < 4.78 is 5.90. The van der Waals surface area contributed by atoms with Gasteiger partial charge in [-0.3, -0.25) is 0 Å². The molecular formula is C19H16O. The van der Waals surface area contributed by atoms with E-state index < -0.39 is 0 Å². The van der Waals surface area contributed by atoms with E-state index in [0.717, 1.165) is 18.8 Å². The largest absolute Gasteiger partial charge is 0.493 e. The van der Waals surface area contributed by atoms with Gasteiger partial charge in [0.05, 0.1) is 6.61 Å². The molecule has 0 spiro atoms. The average molecular weight is 260 g/mol. The lowest BCUT2D eigenvalue weighted by molar-refractivity contribution is 0.263. The van der Waals surface area contributed by atoms with Gasteiger partial charge in [0.1, 0.15) is 5.75 Å². The molecule has 0 aromatic heterocycles. The lowest BCUT2D eigenvalue weighted by Crippen LogP contribution is -2.19. The van der Waals surface area contributed by atoms with E-state index in [9.17, 15) is 0 Å². The third kappa shape index (κ3) is 1.96. The molecule has 0 saturated heterocycles. The van der Waals surface area contributed by atoms with Crippen LogP contribution in [-0.4, -0.2) is 6.61 Å². The fourth-order valence-electron chi connectivity index (χ4n) is 3.00. The highest BCUT2D eigenvalue weighted by molar-refractivity contribution is 5.83. The van der Waals surface area contributed by atoms with E-state index in [4.69, 9.17) is 4.74 Å². The number of hydrogen-bond donors (Lipinski definition) is 0. The first-order chi connectivity index (χ1) is 9.90. The Hall–Kier alpha value is -2.28. The van der Waals surface area contributed by atoms with Crippen LogP contribution < -0.4 is 4.74 Å². The Bertz CT molecular complexity index is 760. The Labute approximate surface area is 118 Å². The van der Waals surface area contributed by atoms with Crippen LogP contribution in [0.3, 0.4) is 0 Å². The number of fused-ring (bicyclic) bond motifs is 2. The second kappa shape index (κ2) is 4.68. The Kier molecular flexibility index (Phi) is 2.70. The van der Waals surface area contributed by atoms with E-state index in [1.165, 1.54) is 21.9 Å². The van der Waals surface area contributed by atoms with Crippen LogP contribution in [0.4, 0.5) is 0 Å². The van der Waals surface area contributed by atoms with E-state index >= 15 is 0 Å². The molecule has 1 atom stereocenters. The van der Waals surface area contributed by atoms with Gasteiger partial charge in [-0.05, 0) is 34.4 Å². The molecule has 1 aliphatic heterocycles. The lowest BCUT2D eigenvalue weighted by Gasteiger charge is -2.25. The van der Waals surface area contributed by atoms with Crippen molar-refractivity contribution in [1.82, 2.24) is 0 Å². The minimum absolute atomic E-state index is 0.453. The second-order valence-electron chi connectivity index (χ2n) is 5.43. The third-order valence-corrected chi connectivity index (χ3v) is 4.12. The van der Waals surface area contributed by atoms with Gasteiger partial charge in [-0.15, -0.1) is 0 Å². The average Bonchev–Trinajstić information content (AvgIpc) is 2.54. The van der Waals surface area contributed by atoms with Crippen LogP contribution in [0.1, 0.15) is 17.0 Å². The summed E-state index contributed by atoms with van der Waals surface area (Å²) in [4.78, 5) is 0. The molecule has 1 nitrogen and oxygen atoms in total. The number of rotatable bonds is 1. The van der Waals surface area contributed by atoms with Crippen LogP contribution in [0.25, 0.3) is 10.8 Å². The summed E-state index contributed by atoms with van der Waals surface area (Å²) >= 11 is 0. The van der Waals surface area contributed by atoms with Crippen molar-refractivity contribution in [1.29, 1.82) is 0 Å². The van der Waals surface area contributed by atoms with Crippen LogP contribution in [0.5, 0.6) is 5.75 Å². The highest BCUT2D eigenvalue weighted by Crippen LogP contribution is 2.33. The lowest BCUT2D eigenvalue weighted by atomic mass is 9.89. The fraction of sp³-hybridized carbons (Fsp3) is 0.158. The van der Waals surface area contributed by atoms with Crippen molar-refractivity contribution in [3.05, 3.63) is 77.9 Å². The molecule has 0 bridgehead atoms. The van der Waals surface area contributed by atoms with Gasteiger partial charge in [0.2, 0.25) is 0 Å². The van der Waals surface area contributed by atoms with Gasteiger partial charge in [-0.1, -0.05) is 60.7 Å². The normalized spacial score (nSPS) is 17.5. The standard InChI is InChI=1S/C19H16O/c1-2-6-15-11-16(10-9-14(15)5-1)18-12-17-7-3-4-8-19(17)20-13-18/h1-11,18H,12-13H2/t18-/m1/s1. The monoisotopic (exact) mass is 260 g/mol. The maximum atomic E-state index is 5.90. The molecule has 0 N–H and O–H groups in total. The first kappa shape index (κ1) is 11.5. The number of hydrogen-bond acceptors (Lipinski definition) is 1. The van der Waals surface area contributed by atoms with Crippen molar-refractivity contribution >= 4 is 10.8 Å². The quantitative estimate of drug-likeness (QED) is 0.623. The topological polar surface area (TPSA) is 9.23 Å². The van der Waals surface area contributed by atoms with Crippen molar-refractivity contribution in [2.75, 3.05) is 6.61 Å². The predicted octanol–water partition coefficient (Wildman–Crippen LogP) is 4.56. The minimum Gasteiger partial charge on any atom is -0.493 e. The Morgan fingerprint density at radius 1 is 0.800 bits per heavy atom. The molecule has 0 saturated carbocycles. The summed E-state index contributed by atoms with van der Waals surface area (Å²) in [7, 11) is 0. The van der Waals surface area contributed by atoms with Crippen LogP contribution in [-0.2, 0) is 6.42 Å². The molecule has 3 aromatic carbocycles. The molecule has 0 amide bonds. The van der Waals surface area contributed by atoms with Crippen molar-refractivity contribution in [3.63, 3.8) is 0 Å². The maximum absolute atomic E-state index is 5.90. The molecule has 1 heterocycles. The van der Waals surface area contributed by atoms with E-state index in [2.05, 4.69) is 60.7 Å². The number of para-hydroxylation sites is 1. The summed E-state index contributed by atoms with van der Waals surface area (Å²) in [6, 6.07) is 23.6. The van der Waals surface area contributed by atoms with E-state index in [1.54, 1.807) is 0 Å². The van der Waals surface area contributed by atoms with Gasteiger partial charge in [0.25, 0.3) is 0 Å². The van der Waals surface area contributed by atoms with Crippen LogP contribution in [0.2, 0.25) is 0 Å². The SMILES string of the molecule is c1ccc2c(c1)C[C@@H](c1ccc3ccccc3c1)CO2. The molecular weight excluding hydrogens is 244 g/mol.